The number of likely N-dealkylation sites (N-methyl/N-ethyl adjacent to an activating group) is 2. The molecule has 0 rings (SSSR count). The van der Waals surface area contributed by atoms with E-state index in [2.05, 4.69) is 5.32 Å². The summed E-state index contributed by atoms with van der Waals surface area (Å²) in [7, 11) is 3.70. The minimum Gasteiger partial charge on any atom is -0.344 e. The molecule has 0 aliphatic heterocycles. The van der Waals surface area contributed by atoms with E-state index in [1.54, 1.807) is 4.90 Å². The van der Waals surface area contributed by atoms with Crippen LogP contribution in [0.2, 0.25) is 0 Å². The molecule has 0 aliphatic carbocycles. The van der Waals surface area contributed by atoms with Crippen LogP contribution in [0.3, 0.4) is 0 Å². The van der Waals surface area contributed by atoms with Gasteiger partial charge in [-0.25, -0.2) is 0 Å². The lowest BCUT2D eigenvalue weighted by molar-refractivity contribution is -0.129. The lowest BCUT2D eigenvalue weighted by Gasteiger charge is -2.15. The number of carbonyl (C=O) groups is 1. The second-order valence-electron chi connectivity index (χ2n) is 2.27. The van der Waals surface area contributed by atoms with Gasteiger partial charge in [0.05, 0.1) is 0 Å². The van der Waals surface area contributed by atoms with Crippen molar-refractivity contribution in [2.45, 2.75) is 20.8 Å². The van der Waals surface area contributed by atoms with Gasteiger partial charge in [0.25, 0.3) is 0 Å². The van der Waals surface area contributed by atoms with E-state index in [1.165, 1.54) is 0 Å². The van der Waals surface area contributed by atoms with Crippen molar-refractivity contribution in [3.05, 3.63) is 0 Å². The van der Waals surface area contributed by atoms with E-state index < -0.39 is 0 Å². The van der Waals surface area contributed by atoms with Crippen LogP contribution in [0.25, 0.3) is 0 Å². The van der Waals surface area contributed by atoms with Crippen molar-refractivity contribution in [3.8, 4) is 0 Å². The van der Waals surface area contributed by atoms with E-state index in [0.29, 0.717) is 6.42 Å². The second kappa shape index (κ2) is 7.54. The molecule has 0 bridgehead atoms. The van der Waals surface area contributed by atoms with Crippen LogP contribution in [-0.4, -0.2) is 38.0 Å². The number of hydrogen-bond donors (Lipinski definition) is 1. The number of nitrogens with one attached hydrogen (secondary N) is 1. The topological polar surface area (TPSA) is 32.3 Å². The summed E-state index contributed by atoms with van der Waals surface area (Å²) in [4.78, 5) is 12.6. The van der Waals surface area contributed by atoms with Crippen LogP contribution in [0.15, 0.2) is 0 Å². The molecule has 11 heavy (non-hydrogen) atoms. The fraction of sp³-hybridized carbons (Fsp3) is 0.875. The molecular formula is C8H20N2O. The van der Waals surface area contributed by atoms with Crippen molar-refractivity contribution in [2.24, 2.45) is 0 Å². The van der Waals surface area contributed by atoms with Crippen LogP contribution in [0.1, 0.15) is 20.8 Å². The van der Waals surface area contributed by atoms with Crippen molar-refractivity contribution in [1.82, 2.24) is 10.2 Å². The average molecular weight is 160 g/mol. The first-order chi connectivity index (χ1) is 4.72. The van der Waals surface area contributed by atoms with Gasteiger partial charge in [0.1, 0.15) is 0 Å². The van der Waals surface area contributed by atoms with Gasteiger partial charge in [0.15, 0.2) is 0 Å². The molecule has 1 N–H and O–H groups in total. The van der Waals surface area contributed by atoms with Gasteiger partial charge in [-0.1, -0.05) is 14.4 Å². The Morgan fingerprint density at radius 1 is 1.55 bits per heavy atom. The second-order valence-corrected chi connectivity index (χ2v) is 2.27. The van der Waals surface area contributed by atoms with Gasteiger partial charge in [-0.2, -0.15) is 0 Å². The predicted octanol–water partition coefficient (Wildman–Crippen LogP) is 0.710. The number of nitrogens with zero attached hydrogens (tertiary/aromatic N) is 1. The Labute approximate surface area is 69.8 Å². The summed E-state index contributed by atoms with van der Waals surface area (Å²) in [6.07, 6.45) is 0.597. The molecule has 3 nitrogen and oxygen atoms in total. The standard InChI is InChI=1S/C7H16N2O.CH4/c1-4-7(10)9(3)6-5-8-2;/h8H,4-6H2,1-3H3;1H4. The van der Waals surface area contributed by atoms with Crippen molar-refractivity contribution in [2.75, 3.05) is 27.2 Å². The van der Waals surface area contributed by atoms with E-state index in [4.69, 9.17) is 0 Å². The largest absolute Gasteiger partial charge is 0.344 e. The first-order valence-electron chi connectivity index (χ1n) is 3.61. The molecule has 0 radical (unpaired) electrons. The summed E-state index contributed by atoms with van der Waals surface area (Å²) < 4.78 is 0. The Morgan fingerprint density at radius 3 is 2.45 bits per heavy atom. The zero-order chi connectivity index (χ0) is 7.98. The molecule has 0 unspecified atom stereocenters. The first kappa shape index (κ1) is 13.1. The fourth-order valence-electron chi connectivity index (χ4n) is 0.674. The van der Waals surface area contributed by atoms with Crippen molar-refractivity contribution in [3.63, 3.8) is 0 Å². The van der Waals surface area contributed by atoms with Crippen molar-refractivity contribution >= 4 is 5.91 Å². The Morgan fingerprint density at radius 2 is 2.09 bits per heavy atom. The molecule has 3 heteroatoms. The highest BCUT2D eigenvalue weighted by Gasteiger charge is 2.02. The van der Waals surface area contributed by atoms with Crippen LogP contribution in [0, 0.1) is 0 Å². The molecule has 0 fully saturated rings. The normalized spacial score (nSPS) is 8.64. The van der Waals surface area contributed by atoms with Gasteiger partial charge in [0, 0.05) is 26.6 Å². The highest BCUT2D eigenvalue weighted by atomic mass is 16.2. The van der Waals surface area contributed by atoms with Crippen molar-refractivity contribution in [1.29, 1.82) is 0 Å². The quantitative estimate of drug-likeness (QED) is 0.657. The molecule has 0 aromatic carbocycles. The molecule has 0 aliphatic rings. The lowest BCUT2D eigenvalue weighted by atomic mass is 10.4. The number of amides is 1. The third kappa shape index (κ3) is 5.85. The molecular weight excluding hydrogens is 140 g/mol. The minimum absolute atomic E-state index is 0. The SMILES string of the molecule is C.CCC(=O)N(C)CCNC. The summed E-state index contributed by atoms with van der Waals surface area (Å²) in [6, 6.07) is 0. The molecule has 0 saturated heterocycles. The summed E-state index contributed by atoms with van der Waals surface area (Å²) in [5.41, 5.74) is 0. The first-order valence-corrected chi connectivity index (χ1v) is 3.61. The van der Waals surface area contributed by atoms with Crippen LogP contribution in [0.4, 0.5) is 0 Å². The predicted molar refractivity (Wildman–Crippen MR) is 48.6 cm³/mol. The third-order valence-electron chi connectivity index (χ3n) is 1.43. The molecule has 0 saturated carbocycles. The number of rotatable bonds is 4. The zero-order valence-corrected chi connectivity index (χ0v) is 6.98. The highest BCUT2D eigenvalue weighted by molar-refractivity contribution is 5.75. The third-order valence-corrected chi connectivity index (χ3v) is 1.43. The van der Waals surface area contributed by atoms with Gasteiger partial charge >= 0.3 is 0 Å². The molecule has 0 aromatic heterocycles. The molecule has 0 aromatic rings. The molecule has 0 spiro atoms. The smallest absolute Gasteiger partial charge is 0.222 e. The van der Waals surface area contributed by atoms with Gasteiger partial charge in [-0.3, -0.25) is 4.79 Å². The Kier molecular flexibility index (Phi) is 8.94. The van der Waals surface area contributed by atoms with Crippen molar-refractivity contribution < 1.29 is 4.79 Å². The number of carbonyl (C=O) groups excluding carboxylic acids is 1. The molecule has 0 heterocycles. The Bertz CT molecular complexity index is 104. The highest BCUT2D eigenvalue weighted by Crippen LogP contribution is 1.86. The van der Waals surface area contributed by atoms with E-state index in [-0.39, 0.29) is 13.3 Å². The zero-order valence-electron chi connectivity index (χ0n) is 6.98. The molecule has 0 atom stereocenters. The van der Waals surface area contributed by atoms with Gasteiger partial charge in [0.2, 0.25) is 5.91 Å². The number of hydrogen-bond acceptors (Lipinski definition) is 2. The molecule has 68 valence electrons. The van der Waals surface area contributed by atoms with Gasteiger partial charge in [-0.05, 0) is 7.05 Å². The van der Waals surface area contributed by atoms with Crippen LogP contribution < -0.4 is 5.32 Å². The van der Waals surface area contributed by atoms with Gasteiger partial charge < -0.3 is 10.2 Å². The fourth-order valence-corrected chi connectivity index (χ4v) is 0.674. The van der Waals surface area contributed by atoms with E-state index >= 15 is 0 Å². The van der Waals surface area contributed by atoms with E-state index in [9.17, 15) is 4.79 Å². The maximum atomic E-state index is 10.9. The maximum Gasteiger partial charge on any atom is 0.222 e. The van der Waals surface area contributed by atoms with Gasteiger partial charge in [-0.15, -0.1) is 0 Å². The Hall–Kier alpha value is -0.570. The maximum absolute atomic E-state index is 10.9. The monoisotopic (exact) mass is 160 g/mol. The Balaban J connectivity index is 0. The van der Waals surface area contributed by atoms with Crippen LogP contribution in [-0.2, 0) is 4.79 Å². The summed E-state index contributed by atoms with van der Waals surface area (Å²) in [5, 5.41) is 2.98. The lowest BCUT2D eigenvalue weighted by Crippen LogP contribution is -2.32. The van der Waals surface area contributed by atoms with Crippen LogP contribution >= 0.6 is 0 Å². The average Bonchev–Trinajstić information content (AvgIpc) is 1.98. The minimum atomic E-state index is 0. The summed E-state index contributed by atoms with van der Waals surface area (Å²) in [5.74, 6) is 0.204. The molecule has 1 amide bonds. The summed E-state index contributed by atoms with van der Waals surface area (Å²) in [6.45, 7) is 3.53. The van der Waals surface area contributed by atoms with E-state index in [0.717, 1.165) is 13.1 Å². The van der Waals surface area contributed by atoms with Crippen LogP contribution in [0.5, 0.6) is 0 Å². The summed E-state index contributed by atoms with van der Waals surface area (Å²) >= 11 is 0. The van der Waals surface area contributed by atoms with E-state index in [1.807, 2.05) is 21.0 Å².